The van der Waals surface area contributed by atoms with Gasteiger partial charge in [-0.25, -0.2) is 4.98 Å². The number of nitrogens with one attached hydrogen (secondary N) is 1. The first-order chi connectivity index (χ1) is 6.80. The lowest BCUT2D eigenvalue weighted by atomic mass is 10.2. The van der Waals surface area contributed by atoms with Crippen LogP contribution in [0.1, 0.15) is 19.5 Å². The lowest BCUT2D eigenvalue weighted by Crippen LogP contribution is -2.14. The maximum atomic E-state index is 12.3. The van der Waals surface area contributed by atoms with Crippen LogP contribution >= 0.6 is 0 Å². The normalized spacial score (nSPS) is 11.9. The van der Waals surface area contributed by atoms with Crippen molar-refractivity contribution in [1.82, 2.24) is 4.98 Å². The molecule has 1 heterocycles. The number of alkyl halides is 3. The number of halogens is 3. The molecule has 15 heavy (non-hydrogen) atoms. The van der Waals surface area contributed by atoms with Gasteiger partial charge in [0.2, 0.25) is 0 Å². The molecule has 0 aromatic carbocycles. The summed E-state index contributed by atoms with van der Waals surface area (Å²) >= 11 is 0. The molecule has 0 aliphatic carbocycles. The van der Waals surface area contributed by atoms with Gasteiger partial charge < -0.3 is 11.1 Å². The molecule has 0 spiro atoms. The third-order valence-electron chi connectivity index (χ3n) is 1.67. The summed E-state index contributed by atoms with van der Waals surface area (Å²) in [6.07, 6.45) is -3.44. The molecule has 1 aromatic heterocycles. The summed E-state index contributed by atoms with van der Waals surface area (Å²) < 4.78 is 36.9. The summed E-state index contributed by atoms with van der Waals surface area (Å²) in [7, 11) is 0. The third kappa shape index (κ3) is 3.00. The fourth-order valence-electron chi connectivity index (χ4n) is 1.06. The minimum atomic E-state index is -4.44. The van der Waals surface area contributed by atoms with Crippen LogP contribution in [-0.4, -0.2) is 11.0 Å². The van der Waals surface area contributed by atoms with Crippen molar-refractivity contribution in [3.8, 4) is 0 Å². The maximum absolute atomic E-state index is 12.3. The highest BCUT2D eigenvalue weighted by Crippen LogP contribution is 2.31. The second-order valence-corrected chi connectivity index (χ2v) is 3.45. The number of nitrogens with zero attached hydrogens (tertiary/aromatic N) is 1. The van der Waals surface area contributed by atoms with E-state index in [-0.39, 0.29) is 17.4 Å². The van der Waals surface area contributed by atoms with Crippen LogP contribution in [0.2, 0.25) is 0 Å². The van der Waals surface area contributed by atoms with Crippen LogP contribution in [0.25, 0.3) is 0 Å². The van der Waals surface area contributed by atoms with Gasteiger partial charge in [0.05, 0.1) is 17.6 Å². The Morgan fingerprint density at radius 3 is 2.47 bits per heavy atom. The molecule has 3 N–H and O–H groups in total. The number of rotatable bonds is 2. The summed E-state index contributed by atoms with van der Waals surface area (Å²) in [6, 6.07) is 0.922. The first-order valence-electron chi connectivity index (χ1n) is 4.40. The van der Waals surface area contributed by atoms with Crippen LogP contribution in [-0.2, 0) is 6.18 Å². The molecule has 0 radical (unpaired) electrons. The van der Waals surface area contributed by atoms with E-state index >= 15 is 0 Å². The van der Waals surface area contributed by atoms with Gasteiger partial charge in [0.1, 0.15) is 5.69 Å². The van der Waals surface area contributed by atoms with E-state index in [1.165, 1.54) is 0 Å². The van der Waals surface area contributed by atoms with Gasteiger partial charge in [0.15, 0.2) is 0 Å². The Bertz CT molecular complexity index is 347. The standard InChI is InChI=1S/C9H12F3N3/c1-5(2)15-7-3-8(9(10,11)12)14-4-6(7)13/h3-5H,13H2,1-2H3,(H,14,15). The molecule has 84 valence electrons. The van der Waals surface area contributed by atoms with E-state index < -0.39 is 11.9 Å². The van der Waals surface area contributed by atoms with Crippen molar-refractivity contribution in [2.75, 3.05) is 11.1 Å². The second kappa shape index (κ2) is 3.96. The van der Waals surface area contributed by atoms with Crippen molar-refractivity contribution in [1.29, 1.82) is 0 Å². The van der Waals surface area contributed by atoms with Gasteiger partial charge in [0, 0.05) is 6.04 Å². The Hall–Kier alpha value is -1.46. The molecule has 0 saturated carbocycles. The molecule has 0 amide bonds. The molecule has 3 nitrogen and oxygen atoms in total. The lowest BCUT2D eigenvalue weighted by Gasteiger charge is -2.14. The zero-order valence-electron chi connectivity index (χ0n) is 8.39. The van der Waals surface area contributed by atoms with Crippen molar-refractivity contribution in [3.05, 3.63) is 18.0 Å². The summed E-state index contributed by atoms with van der Waals surface area (Å²) in [5.41, 5.74) is 5.01. The number of nitrogens with two attached hydrogens (primary N) is 1. The fraction of sp³-hybridized carbons (Fsp3) is 0.444. The van der Waals surface area contributed by atoms with E-state index in [1.54, 1.807) is 0 Å². The summed E-state index contributed by atoms with van der Waals surface area (Å²) in [5, 5.41) is 2.82. The summed E-state index contributed by atoms with van der Waals surface area (Å²) in [5.74, 6) is 0. The third-order valence-corrected chi connectivity index (χ3v) is 1.67. The minimum Gasteiger partial charge on any atom is -0.396 e. The van der Waals surface area contributed by atoms with Crippen LogP contribution < -0.4 is 11.1 Å². The molecule has 1 aromatic rings. The van der Waals surface area contributed by atoms with Crippen LogP contribution in [0.4, 0.5) is 24.5 Å². The van der Waals surface area contributed by atoms with Gasteiger partial charge in [-0.1, -0.05) is 0 Å². The Morgan fingerprint density at radius 2 is 2.00 bits per heavy atom. The van der Waals surface area contributed by atoms with Gasteiger partial charge in [-0.15, -0.1) is 0 Å². The molecule has 0 aliphatic heterocycles. The topological polar surface area (TPSA) is 50.9 Å². The van der Waals surface area contributed by atoms with Gasteiger partial charge in [0.25, 0.3) is 0 Å². The van der Waals surface area contributed by atoms with Gasteiger partial charge in [-0.2, -0.15) is 13.2 Å². The van der Waals surface area contributed by atoms with Crippen molar-refractivity contribution < 1.29 is 13.2 Å². The smallest absolute Gasteiger partial charge is 0.396 e. The van der Waals surface area contributed by atoms with Crippen molar-refractivity contribution in [3.63, 3.8) is 0 Å². The minimum absolute atomic E-state index is 0.00998. The first-order valence-corrected chi connectivity index (χ1v) is 4.40. The Labute approximate surface area is 85.5 Å². The molecule has 6 heteroatoms. The predicted octanol–water partition coefficient (Wildman–Crippen LogP) is 2.50. The summed E-state index contributed by atoms with van der Waals surface area (Å²) in [4.78, 5) is 3.23. The number of aromatic nitrogens is 1. The number of hydrogen-bond acceptors (Lipinski definition) is 3. The van der Waals surface area contributed by atoms with Gasteiger partial charge in [-0.05, 0) is 19.9 Å². The molecule has 0 fully saturated rings. The highest BCUT2D eigenvalue weighted by atomic mass is 19.4. The largest absolute Gasteiger partial charge is 0.433 e. The van der Waals surface area contributed by atoms with E-state index in [2.05, 4.69) is 10.3 Å². The van der Waals surface area contributed by atoms with Crippen molar-refractivity contribution in [2.45, 2.75) is 26.1 Å². The molecule has 0 bridgehead atoms. The predicted molar refractivity (Wildman–Crippen MR) is 52.4 cm³/mol. The number of hydrogen-bond donors (Lipinski definition) is 2. The molecule has 1 rings (SSSR count). The van der Waals surface area contributed by atoms with Crippen molar-refractivity contribution in [2.24, 2.45) is 0 Å². The second-order valence-electron chi connectivity index (χ2n) is 3.45. The maximum Gasteiger partial charge on any atom is 0.433 e. The Morgan fingerprint density at radius 1 is 1.40 bits per heavy atom. The van der Waals surface area contributed by atoms with Gasteiger partial charge in [-0.3, -0.25) is 0 Å². The van der Waals surface area contributed by atoms with Crippen LogP contribution in [0, 0.1) is 0 Å². The Kier molecular flexibility index (Phi) is 3.06. The van der Waals surface area contributed by atoms with Crippen LogP contribution in [0.5, 0.6) is 0 Å². The highest BCUT2D eigenvalue weighted by molar-refractivity contribution is 5.65. The number of pyridine rings is 1. The first kappa shape index (κ1) is 11.6. The molecule has 0 unspecified atom stereocenters. The van der Waals surface area contributed by atoms with E-state index in [0.717, 1.165) is 12.3 Å². The average Bonchev–Trinajstić information content (AvgIpc) is 2.06. The molecular weight excluding hydrogens is 207 g/mol. The average molecular weight is 219 g/mol. The van der Waals surface area contributed by atoms with E-state index in [0.29, 0.717) is 0 Å². The van der Waals surface area contributed by atoms with Gasteiger partial charge >= 0.3 is 6.18 Å². The molecule has 0 saturated heterocycles. The SMILES string of the molecule is CC(C)Nc1cc(C(F)(F)F)ncc1N. The molecular formula is C9H12F3N3. The number of anilines is 2. The quantitative estimate of drug-likeness (QED) is 0.803. The van der Waals surface area contributed by atoms with Crippen LogP contribution in [0.15, 0.2) is 12.3 Å². The molecule has 0 atom stereocenters. The lowest BCUT2D eigenvalue weighted by molar-refractivity contribution is -0.141. The van der Waals surface area contributed by atoms with E-state index in [9.17, 15) is 13.2 Å². The number of nitrogen functional groups attached to an aromatic ring is 1. The monoisotopic (exact) mass is 219 g/mol. The zero-order valence-corrected chi connectivity index (χ0v) is 8.39. The molecule has 0 aliphatic rings. The van der Waals surface area contributed by atoms with E-state index in [4.69, 9.17) is 5.73 Å². The Balaban J connectivity index is 3.06. The van der Waals surface area contributed by atoms with Crippen LogP contribution in [0.3, 0.4) is 0 Å². The van der Waals surface area contributed by atoms with Crippen molar-refractivity contribution >= 4 is 11.4 Å². The fourth-order valence-corrected chi connectivity index (χ4v) is 1.06. The highest BCUT2D eigenvalue weighted by Gasteiger charge is 2.32. The summed E-state index contributed by atoms with van der Waals surface area (Å²) in [6.45, 7) is 3.63. The zero-order chi connectivity index (χ0) is 11.6. The van der Waals surface area contributed by atoms with E-state index in [1.807, 2.05) is 13.8 Å².